The van der Waals surface area contributed by atoms with E-state index in [0.29, 0.717) is 19.5 Å². The van der Waals surface area contributed by atoms with E-state index >= 15 is 0 Å². The molecule has 7 nitrogen and oxygen atoms in total. The molecule has 1 fully saturated rings. The number of ether oxygens (including phenoxy) is 1. The summed E-state index contributed by atoms with van der Waals surface area (Å²) in [5.41, 5.74) is -1.21. The summed E-state index contributed by atoms with van der Waals surface area (Å²) >= 11 is 0. The molecule has 0 spiro atoms. The molecule has 20 heavy (non-hydrogen) atoms. The molecule has 0 aromatic heterocycles. The van der Waals surface area contributed by atoms with E-state index in [1.807, 2.05) is 0 Å². The van der Waals surface area contributed by atoms with Crippen molar-refractivity contribution in [1.82, 2.24) is 9.80 Å². The number of aliphatic carboxylic acids is 1. The lowest BCUT2D eigenvalue weighted by Gasteiger charge is -2.43. The Morgan fingerprint density at radius 2 is 2.00 bits per heavy atom. The minimum absolute atomic E-state index is 0.169. The number of likely N-dealkylation sites (N-methyl/N-ethyl adjacent to an activating group) is 1. The molecule has 0 aromatic rings. The summed E-state index contributed by atoms with van der Waals surface area (Å²) in [5.74, 6) is -1.53. The number of carbonyl (C=O) groups excluding carboxylic acids is 2. The molecule has 1 N–H and O–H groups in total. The van der Waals surface area contributed by atoms with Gasteiger partial charge in [0.25, 0.3) is 0 Å². The Labute approximate surface area is 118 Å². The van der Waals surface area contributed by atoms with Crippen LogP contribution in [-0.4, -0.2) is 65.2 Å². The lowest BCUT2D eigenvalue weighted by molar-refractivity contribution is -0.151. The van der Waals surface area contributed by atoms with E-state index < -0.39 is 23.5 Å². The fourth-order valence-electron chi connectivity index (χ4n) is 2.36. The molecule has 1 unspecified atom stereocenters. The van der Waals surface area contributed by atoms with E-state index in [1.165, 1.54) is 16.9 Å². The number of nitrogens with zero attached hydrogens (tertiary/aromatic N) is 2. The molecule has 0 radical (unpaired) electrons. The molecule has 1 aliphatic heterocycles. The number of piperidine rings is 1. The van der Waals surface area contributed by atoms with Crippen LogP contribution < -0.4 is 0 Å². The predicted molar refractivity (Wildman–Crippen MR) is 71.3 cm³/mol. The van der Waals surface area contributed by atoms with Gasteiger partial charge in [0.1, 0.15) is 12.1 Å². The van der Waals surface area contributed by atoms with Crippen molar-refractivity contribution in [2.45, 2.75) is 38.6 Å². The molecule has 114 valence electrons. The Hall–Kier alpha value is -1.79. The van der Waals surface area contributed by atoms with Crippen LogP contribution in [0.5, 0.6) is 0 Å². The second-order valence-corrected chi connectivity index (χ2v) is 5.06. The molecular weight excluding hydrogens is 264 g/mol. The summed E-state index contributed by atoms with van der Waals surface area (Å²) in [4.78, 5) is 37.9. The number of carboxylic acids is 1. The highest BCUT2D eigenvalue weighted by Crippen LogP contribution is 2.29. The first-order valence-electron chi connectivity index (χ1n) is 6.73. The van der Waals surface area contributed by atoms with Crippen molar-refractivity contribution in [1.29, 1.82) is 0 Å². The minimum Gasteiger partial charge on any atom is -0.480 e. The number of rotatable bonds is 4. The van der Waals surface area contributed by atoms with Crippen molar-refractivity contribution < 1.29 is 24.2 Å². The van der Waals surface area contributed by atoms with E-state index in [2.05, 4.69) is 4.74 Å². The molecule has 0 aromatic carbocycles. The molecule has 0 aliphatic carbocycles. The first-order chi connectivity index (χ1) is 9.36. The lowest BCUT2D eigenvalue weighted by Crippen LogP contribution is -2.61. The third-order valence-electron chi connectivity index (χ3n) is 3.78. The van der Waals surface area contributed by atoms with Crippen LogP contribution in [0.15, 0.2) is 0 Å². The molecule has 0 bridgehead atoms. The molecule has 1 aliphatic rings. The van der Waals surface area contributed by atoms with Gasteiger partial charge in [-0.1, -0.05) is 0 Å². The number of amides is 2. The van der Waals surface area contributed by atoms with Crippen LogP contribution in [0.4, 0.5) is 4.79 Å². The summed E-state index contributed by atoms with van der Waals surface area (Å²) in [5, 5.41) is 9.40. The Morgan fingerprint density at radius 3 is 2.50 bits per heavy atom. The van der Waals surface area contributed by atoms with Crippen molar-refractivity contribution in [2.75, 3.05) is 26.7 Å². The zero-order chi connectivity index (χ0) is 15.3. The molecule has 1 atom stereocenters. The molecule has 1 heterocycles. The Morgan fingerprint density at radius 1 is 1.35 bits per heavy atom. The summed E-state index contributed by atoms with van der Waals surface area (Å²) in [6.07, 6.45) is 1.96. The lowest BCUT2D eigenvalue weighted by atomic mass is 9.89. The van der Waals surface area contributed by atoms with Crippen molar-refractivity contribution in [3.05, 3.63) is 0 Å². The fraction of sp³-hybridized carbons (Fsp3) is 0.769. The van der Waals surface area contributed by atoms with Crippen LogP contribution in [0.1, 0.15) is 33.1 Å². The fourth-order valence-corrected chi connectivity index (χ4v) is 2.36. The van der Waals surface area contributed by atoms with E-state index in [1.54, 1.807) is 13.8 Å². The highest BCUT2D eigenvalue weighted by Gasteiger charge is 2.45. The zero-order valence-corrected chi connectivity index (χ0v) is 12.2. The molecule has 0 saturated carbocycles. The molecule has 1 rings (SSSR count). The van der Waals surface area contributed by atoms with Gasteiger partial charge in [-0.25, -0.2) is 9.59 Å². The van der Waals surface area contributed by atoms with E-state index in [9.17, 15) is 19.5 Å². The first-order valence-corrected chi connectivity index (χ1v) is 6.73. The largest absolute Gasteiger partial charge is 0.480 e. The Balaban J connectivity index is 2.91. The van der Waals surface area contributed by atoms with Crippen LogP contribution in [0.2, 0.25) is 0 Å². The van der Waals surface area contributed by atoms with Crippen LogP contribution >= 0.6 is 0 Å². The van der Waals surface area contributed by atoms with Crippen molar-refractivity contribution in [3.8, 4) is 0 Å². The van der Waals surface area contributed by atoms with Crippen LogP contribution in [0, 0.1) is 0 Å². The highest BCUT2D eigenvalue weighted by molar-refractivity contribution is 5.87. The number of hydrogen-bond donors (Lipinski definition) is 1. The van der Waals surface area contributed by atoms with Gasteiger partial charge in [0.05, 0.1) is 7.11 Å². The van der Waals surface area contributed by atoms with Gasteiger partial charge in [0.15, 0.2) is 0 Å². The number of carboxylic acid groups (broad SMARTS) is 1. The smallest absolute Gasteiger partial charge is 0.329 e. The number of likely N-dealkylation sites (tertiary alicyclic amines) is 1. The van der Waals surface area contributed by atoms with E-state index in [0.717, 1.165) is 12.8 Å². The normalized spacial score (nSPS) is 22.2. The summed E-state index contributed by atoms with van der Waals surface area (Å²) < 4.78 is 4.55. The van der Waals surface area contributed by atoms with Crippen LogP contribution in [0.3, 0.4) is 0 Å². The van der Waals surface area contributed by atoms with E-state index in [4.69, 9.17) is 0 Å². The van der Waals surface area contributed by atoms with Crippen LogP contribution in [0.25, 0.3) is 0 Å². The second kappa shape index (κ2) is 6.58. The Bertz CT molecular complexity index is 398. The van der Waals surface area contributed by atoms with Gasteiger partial charge in [-0.05, 0) is 33.1 Å². The SMILES string of the molecule is CCN(CC(=O)OC)C(=O)N1CCCCC1(C)C(=O)O. The number of carbonyl (C=O) groups is 3. The third-order valence-corrected chi connectivity index (χ3v) is 3.78. The molecule has 7 heteroatoms. The number of hydrogen-bond acceptors (Lipinski definition) is 4. The van der Waals surface area contributed by atoms with Gasteiger partial charge < -0.3 is 19.6 Å². The summed E-state index contributed by atoms with van der Waals surface area (Å²) in [6, 6.07) is -0.428. The minimum atomic E-state index is -1.21. The number of esters is 1. The maximum atomic E-state index is 12.5. The van der Waals surface area contributed by atoms with Gasteiger partial charge in [-0.2, -0.15) is 0 Å². The first kappa shape index (κ1) is 16.3. The average molecular weight is 286 g/mol. The quantitative estimate of drug-likeness (QED) is 0.777. The standard InChI is InChI=1S/C13H22N2O5/c1-4-14(9-10(16)20-3)12(19)15-8-6-5-7-13(15,2)11(17)18/h4-9H2,1-3H3,(H,17,18). The molecule has 2 amide bonds. The summed E-state index contributed by atoms with van der Waals surface area (Å²) in [7, 11) is 1.25. The monoisotopic (exact) mass is 286 g/mol. The maximum Gasteiger partial charge on any atom is 0.329 e. The average Bonchev–Trinajstić information content (AvgIpc) is 2.44. The maximum absolute atomic E-state index is 12.5. The van der Waals surface area contributed by atoms with Gasteiger partial charge >= 0.3 is 18.0 Å². The Kier molecular flexibility index (Phi) is 5.35. The van der Waals surface area contributed by atoms with Gasteiger partial charge in [0.2, 0.25) is 0 Å². The zero-order valence-electron chi connectivity index (χ0n) is 12.2. The molecular formula is C13H22N2O5. The van der Waals surface area contributed by atoms with Crippen LogP contribution in [-0.2, 0) is 14.3 Å². The van der Waals surface area contributed by atoms with Gasteiger partial charge in [-0.3, -0.25) is 4.79 Å². The molecule has 1 saturated heterocycles. The van der Waals surface area contributed by atoms with E-state index in [-0.39, 0.29) is 6.54 Å². The summed E-state index contributed by atoms with van der Waals surface area (Å²) in [6.45, 7) is 3.83. The van der Waals surface area contributed by atoms with Gasteiger partial charge in [-0.15, -0.1) is 0 Å². The number of methoxy groups -OCH3 is 1. The van der Waals surface area contributed by atoms with Gasteiger partial charge in [0, 0.05) is 13.1 Å². The topological polar surface area (TPSA) is 87.2 Å². The number of urea groups is 1. The third kappa shape index (κ3) is 3.20. The second-order valence-electron chi connectivity index (χ2n) is 5.06. The van der Waals surface area contributed by atoms with Crippen molar-refractivity contribution in [2.24, 2.45) is 0 Å². The van der Waals surface area contributed by atoms with Crippen molar-refractivity contribution in [3.63, 3.8) is 0 Å². The predicted octanol–water partition coefficient (Wildman–Crippen LogP) is 0.930. The highest BCUT2D eigenvalue weighted by atomic mass is 16.5. The van der Waals surface area contributed by atoms with Crippen molar-refractivity contribution >= 4 is 18.0 Å².